The summed E-state index contributed by atoms with van der Waals surface area (Å²) < 4.78 is 39.3. The minimum Gasteiger partial charge on any atom is -0.355 e. The lowest BCUT2D eigenvalue weighted by Crippen LogP contribution is -2.10. The van der Waals surface area contributed by atoms with Gasteiger partial charge in [0, 0.05) is 12.7 Å². The first kappa shape index (κ1) is 15.3. The molecule has 7 heteroatoms. The average Bonchev–Trinajstić information content (AvgIpc) is 2.79. The minimum atomic E-state index is -4.43. The maximum absolute atomic E-state index is 12.5. The van der Waals surface area contributed by atoms with E-state index in [4.69, 9.17) is 0 Å². The molecule has 0 aliphatic rings. The average molecular weight is 298 g/mol. The second-order valence-corrected chi connectivity index (χ2v) is 4.76. The number of nitrogens with one attached hydrogen (secondary N) is 1. The predicted molar refractivity (Wildman–Crippen MR) is 74.5 cm³/mol. The summed E-state index contributed by atoms with van der Waals surface area (Å²) in [6.45, 7) is 4.68. The van der Waals surface area contributed by atoms with Crippen LogP contribution in [0, 0.1) is 6.92 Å². The highest BCUT2D eigenvalue weighted by atomic mass is 19.4. The molecule has 0 atom stereocenters. The fourth-order valence-corrected chi connectivity index (χ4v) is 1.89. The van der Waals surface area contributed by atoms with Crippen molar-refractivity contribution in [1.82, 2.24) is 14.5 Å². The summed E-state index contributed by atoms with van der Waals surface area (Å²) in [4.78, 5) is 7.80. The lowest BCUT2D eigenvalue weighted by molar-refractivity contribution is -0.141. The van der Waals surface area contributed by atoms with Gasteiger partial charge in [-0.2, -0.15) is 13.2 Å². The van der Waals surface area contributed by atoms with E-state index in [9.17, 15) is 13.2 Å². The van der Waals surface area contributed by atoms with Crippen LogP contribution in [0.5, 0.6) is 0 Å². The van der Waals surface area contributed by atoms with Crippen molar-refractivity contribution < 1.29 is 13.2 Å². The van der Waals surface area contributed by atoms with Gasteiger partial charge < -0.3 is 5.32 Å². The third-order valence-corrected chi connectivity index (χ3v) is 2.96. The number of nitrogens with zero attached hydrogens (tertiary/aromatic N) is 3. The molecule has 0 amide bonds. The molecule has 0 unspecified atom stereocenters. The van der Waals surface area contributed by atoms with Gasteiger partial charge in [0.05, 0.1) is 17.6 Å². The number of rotatable bonds is 5. The van der Waals surface area contributed by atoms with Crippen LogP contribution in [0.15, 0.2) is 24.5 Å². The van der Waals surface area contributed by atoms with Gasteiger partial charge in [0.25, 0.3) is 0 Å². The smallest absolute Gasteiger partial charge is 0.355 e. The Morgan fingerprint density at radius 1 is 1.29 bits per heavy atom. The van der Waals surface area contributed by atoms with Crippen molar-refractivity contribution in [1.29, 1.82) is 0 Å². The molecule has 2 heterocycles. The van der Waals surface area contributed by atoms with Gasteiger partial charge in [-0.3, -0.25) is 4.57 Å². The van der Waals surface area contributed by atoms with Crippen LogP contribution >= 0.6 is 0 Å². The number of hydrogen-bond acceptors (Lipinski definition) is 3. The van der Waals surface area contributed by atoms with Crippen molar-refractivity contribution >= 4 is 5.95 Å². The molecule has 21 heavy (non-hydrogen) atoms. The third kappa shape index (κ3) is 3.74. The van der Waals surface area contributed by atoms with Gasteiger partial charge in [0.15, 0.2) is 0 Å². The molecule has 0 saturated carbocycles. The summed E-state index contributed by atoms with van der Waals surface area (Å²) in [6.07, 6.45) is 0.588. The molecule has 1 N–H and O–H groups in total. The number of pyridine rings is 1. The lowest BCUT2D eigenvalue weighted by Gasteiger charge is -2.10. The fourth-order valence-electron chi connectivity index (χ4n) is 1.89. The fraction of sp³-hybridized carbons (Fsp3) is 0.429. The van der Waals surface area contributed by atoms with Crippen molar-refractivity contribution in [2.45, 2.75) is 32.9 Å². The Kier molecular flexibility index (Phi) is 4.50. The molecule has 0 spiro atoms. The quantitative estimate of drug-likeness (QED) is 0.854. The zero-order valence-corrected chi connectivity index (χ0v) is 11.9. The third-order valence-electron chi connectivity index (χ3n) is 2.96. The number of imidazole rings is 1. The van der Waals surface area contributed by atoms with Crippen molar-refractivity contribution in [3.63, 3.8) is 0 Å². The molecule has 2 aromatic heterocycles. The van der Waals surface area contributed by atoms with Gasteiger partial charge in [-0.25, -0.2) is 9.97 Å². The van der Waals surface area contributed by atoms with E-state index in [-0.39, 0.29) is 0 Å². The summed E-state index contributed by atoms with van der Waals surface area (Å²) in [5.74, 6) is 0.613. The summed E-state index contributed by atoms with van der Waals surface area (Å²) >= 11 is 0. The number of aryl methyl sites for hydroxylation is 1. The number of halogens is 3. The van der Waals surface area contributed by atoms with Crippen LogP contribution in [0.4, 0.5) is 19.1 Å². The van der Waals surface area contributed by atoms with E-state index in [1.165, 1.54) is 12.3 Å². The Bertz CT molecular complexity index is 587. The van der Waals surface area contributed by atoms with Crippen molar-refractivity contribution in [2.24, 2.45) is 0 Å². The minimum absolute atomic E-state index is 0.544. The number of hydrogen-bond donors (Lipinski definition) is 1. The summed E-state index contributed by atoms with van der Waals surface area (Å²) in [6, 6.07) is 2.36. The molecular weight excluding hydrogens is 281 g/mol. The van der Waals surface area contributed by atoms with Gasteiger partial charge in [-0.05, 0) is 25.5 Å². The van der Waals surface area contributed by atoms with Gasteiger partial charge in [-0.1, -0.05) is 13.3 Å². The van der Waals surface area contributed by atoms with Crippen LogP contribution < -0.4 is 5.32 Å². The molecule has 0 saturated heterocycles. The molecule has 0 radical (unpaired) electrons. The van der Waals surface area contributed by atoms with E-state index in [2.05, 4.69) is 22.2 Å². The summed E-state index contributed by atoms with van der Waals surface area (Å²) in [5.41, 5.74) is 0.431. The first-order valence-electron chi connectivity index (χ1n) is 6.75. The van der Waals surface area contributed by atoms with Gasteiger partial charge in [-0.15, -0.1) is 0 Å². The Labute approximate surface area is 121 Å². The molecule has 0 aliphatic carbocycles. The lowest BCUT2D eigenvalue weighted by atomic mass is 10.3. The number of unbranched alkanes of at least 4 members (excludes halogenated alkanes) is 1. The molecule has 0 aromatic carbocycles. The Hall–Kier alpha value is -2.05. The molecule has 0 aliphatic heterocycles. The predicted octanol–water partition coefficient (Wildman–Crippen LogP) is 3.81. The maximum atomic E-state index is 12.5. The van der Waals surface area contributed by atoms with Crippen molar-refractivity contribution in [3.8, 4) is 5.69 Å². The van der Waals surface area contributed by atoms with E-state index < -0.39 is 11.9 Å². The van der Waals surface area contributed by atoms with Crippen molar-refractivity contribution in [2.75, 3.05) is 11.9 Å². The summed E-state index contributed by atoms with van der Waals surface area (Å²) in [5, 5.41) is 3.18. The van der Waals surface area contributed by atoms with E-state index in [1.54, 1.807) is 10.8 Å². The van der Waals surface area contributed by atoms with Gasteiger partial charge in [0.2, 0.25) is 5.95 Å². The molecule has 0 bridgehead atoms. The number of aromatic nitrogens is 3. The standard InChI is InChI=1S/C14H17F3N4/c1-3-4-7-18-13-20-10(2)9-21(13)11-5-6-12(19-8-11)14(15,16)17/h5-6,8-9H,3-4,7H2,1-2H3,(H,18,20). The zero-order chi connectivity index (χ0) is 15.5. The van der Waals surface area contributed by atoms with Crippen LogP contribution in [-0.4, -0.2) is 21.1 Å². The van der Waals surface area contributed by atoms with Crippen molar-refractivity contribution in [3.05, 3.63) is 35.9 Å². The van der Waals surface area contributed by atoms with E-state index >= 15 is 0 Å². The maximum Gasteiger partial charge on any atom is 0.433 e. The van der Waals surface area contributed by atoms with Crippen LogP contribution in [0.1, 0.15) is 31.2 Å². The number of alkyl halides is 3. The monoisotopic (exact) mass is 298 g/mol. The van der Waals surface area contributed by atoms with Crippen LogP contribution in [0.3, 0.4) is 0 Å². The van der Waals surface area contributed by atoms with E-state index in [0.717, 1.165) is 31.1 Å². The largest absolute Gasteiger partial charge is 0.433 e. The molecule has 4 nitrogen and oxygen atoms in total. The number of anilines is 1. The summed E-state index contributed by atoms with van der Waals surface area (Å²) in [7, 11) is 0. The van der Waals surface area contributed by atoms with Gasteiger partial charge >= 0.3 is 6.18 Å². The topological polar surface area (TPSA) is 42.7 Å². The van der Waals surface area contributed by atoms with Crippen LogP contribution in [-0.2, 0) is 6.18 Å². The second kappa shape index (κ2) is 6.15. The second-order valence-electron chi connectivity index (χ2n) is 4.76. The molecule has 114 valence electrons. The van der Waals surface area contributed by atoms with Crippen LogP contribution in [0.25, 0.3) is 5.69 Å². The normalized spacial score (nSPS) is 11.7. The molecule has 0 fully saturated rings. The Balaban J connectivity index is 2.25. The molecule has 2 rings (SSSR count). The highest BCUT2D eigenvalue weighted by Crippen LogP contribution is 2.28. The molecule has 2 aromatic rings. The van der Waals surface area contributed by atoms with Gasteiger partial charge in [0.1, 0.15) is 5.69 Å². The first-order valence-corrected chi connectivity index (χ1v) is 6.75. The van der Waals surface area contributed by atoms with E-state index in [1.807, 2.05) is 6.92 Å². The SMILES string of the molecule is CCCCNc1nc(C)cn1-c1ccc(C(F)(F)F)nc1. The zero-order valence-electron chi connectivity index (χ0n) is 11.9. The van der Waals surface area contributed by atoms with E-state index in [0.29, 0.717) is 11.6 Å². The Morgan fingerprint density at radius 3 is 2.62 bits per heavy atom. The first-order chi connectivity index (χ1) is 9.91. The Morgan fingerprint density at radius 2 is 2.05 bits per heavy atom. The molecular formula is C14H17F3N4. The highest BCUT2D eigenvalue weighted by Gasteiger charge is 2.32. The van der Waals surface area contributed by atoms with Crippen LogP contribution in [0.2, 0.25) is 0 Å². The highest BCUT2D eigenvalue weighted by molar-refractivity contribution is 5.42.